The van der Waals surface area contributed by atoms with Crippen LogP contribution in [0.15, 0.2) is 30.6 Å². The zero-order valence-electron chi connectivity index (χ0n) is 7.45. The Morgan fingerprint density at radius 2 is 2.07 bits per heavy atom. The molecule has 1 heterocycles. The summed E-state index contributed by atoms with van der Waals surface area (Å²) in [6.07, 6.45) is -1.98. The normalized spacial score (nSPS) is 11.9. The van der Waals surface area contributed by atoms with Gasteiger partial charge in [0.25, 0.3) is 0 Å². The summed E-state index contributed by atoms with van der Waals surface area (Å²) in [4.78, 5) is 8.28. The SMILES string of the molecule is CC(F)(F)On1cnc2ccccc21. The van der Waals surface area contributed by atoms with Crippen molar-refractivity contribution in [2.45, 2.75) is 13.0 Å². The van der Waals surface area contributed by atoms with E-state index in [1.54, 1.807) is 24.3 Å². The van der Waals surface area contributed by atoms with E-state index in [2.05, 4.69) is 9.82 Å². The van der Waals surface area contributed by atoms with Crippen molar-refractivity contribution >= 4 is 11.0 Å². The van der Waals surface area contributed by atoms with Crippen molar-refractivity contribution in [1.29, 1.82) is 0 Å². The van der Waals surface area contributed by atoms with Crippen molar-refractivity contribution < 1.29 is 13.6 Å². The fraction of sp³-hybridized carbons (Fsp3) is 0.222. The number of hydrogen-bond acceptors (Lipinski definition) is 2. The summed E-state index contributed by atoms with van der Waals surface area (Å²) in [7, 11) is 0. The highest BCUT2D eigenvalue weighted by Gasteiger charge is 2.24. The molecule has 0 amide bonds. The summed E-state index contributed by atoms with van der Waals surface area (Å²) in [5.74, 6) is 0. The second-order valence-electron chi connectivity index (χ2n) is 2.96. The first kappa shape index (κ1) is 8.93. The Bertz CT molecular complexity index is 447. The molecule has 0 spiro atoms. The first-order valence-electron chi connectivity index (χ1n) is 4.06. The van der Waals surface area contributed by atoms with Crippen molar-refractivity contribution in [2.24, 2.45) is 0 Å². The number of rotatable bonds is 2. The molecular formula is C9H8F2N2O. The number of nitrogens with zero attached hydrogens (tertiary/aromatic N) is 2. The molecule has 0 unspecified atom stereocenters. The number of alkyl halides is 2. The lowest BCUT2D eigenvalue weighted by Gasteiger charge is -2.12. The van der Waals surface area contributed by atoms with Gasteiger partial charge in [0.2, 0.25) is 0 Å². The summed E-state index contributed by atoms with van der Waals surface area (Å²) in [6, 6.07) is 6.90. The topological polar surface area (TPSA) is 27.1 Å². The molecule has 74 valence electrons. The third kappa shape index (κ3) is 1.66. The number of aromatic nitrogens is 2. The average Bonchev–Trinajstić information content (AvgIpc) is 2.47. The van der Waals surface area contributed by atoms with Crippen LogP contribution in [0.4, 0.5) is 8.78 Å². The van der Waals surface area contributed by atoms with Crippen LogP contribution in [0.1, 0.15) is 6.92 Å². The summed E-state index contributed by atoms with van der Waals surface area (Å²) < 4.78 is 26.1. The molecular weight excluding hydrogens is 190 g/mol. The first-order chi connectivity index (χ1) is 6.56. The minimum absolute atomic E-state index is 0.522. The van der Waals surface area contributed by atoms with Gasteiger partial charge in [-0.3, -0.25) is 0 Å². The first-order valence-corrected chi connectivity index (χ1v) is 4.06. The Hall–Kier alpha value is -1.65. The van der Waals surface area contributed by atoms with E-state index >= 15 is 0 Å². The van der Waals surface area contributed by atoms with Gasteiger partial charge in [0.1, 0.15) is 11.8 Å². The summed E-state index contributed by atoms with van der Waals surface area (Å²) >= 11 is 0. The van der Waals surface area contributed by atoms with E-state index in [-0.39, 0.29) is 0 Å². The molecule has 0 bridgehead atoms. The fourth-order valence-electron chi connectivity index (χ4n) is 1.18. The molecule has 2 aromatic rings. The fourth-order valence-corrected chi connectivity index (χ4v) is 1.18. The molecule has 1 aromatic carbocycles. The molecule has 0 saturated heterocycles. The van der Waals surface area contributed by atoms with E-state index in [9.17, 15) is 8.78 Å². The Morgan fingerprint density at radius 3 is 2.79 bits per heavy atom. The van der Waals surface area contributed by atoms with Crippen LogP contribution in [0.5, 0.6) is 0 Å². The Kier molecular flexibility index (Phi) is 1.87. The van der Waals surface area contributed by atoms with Gasteiger partial charge in [0, 0.05) is 6.92 Å². The highest BCUT2D eigenvalue weighted by atomic mass is 19.3. The molecule has 2 rings (SSSR count). The highest BCUT2D eigenvalue weighted by molar-refractivity contribution is 5.74. The van der Waals surface area contributed by atoms with Crippen LogP contribution >= 0.6 is 0 Å². The molecule has 0 saturated carbocycles. The molecule has 14 heavy (non-hydrogen) atoms. The van der Waals surface area contributed by atoms with Gasteiger partial charge in [-0.05, 0) is 12.1 Å². The number of para-hydroxylation sites is 2. The Labute approximate surface area is 78.9 Å². The van der Waals surface area contributed by atoms with Gasteiger partial charge < -0.3 is 4.84 Å². The highest BCUT2D eigenvalue weighted by Crippen LogP contribution is 2.15. The molecule has 0 aliphatic carbocycles. The molecule has 0 atom stereocenters. The van der Waals surface area contributed by atoms with Crippen LogP contribution in [0.3, 0.4) is 0 Å². The maximum absolute atomic E-state index is 12.5. The van der Waals surface area contributed by atoms with E-state index < -0.39 is 6.11 Å². The van der Waals surface area contributed by atoms with Crippen LogP contribution in [0, 0.1) is 0 Å². The number of imidazole rings is 1. The van der Waals surface area contributed by atoms with E-state index in [4.69, 9.17) is 0 Å². The molecule has 5 heteroatoms. The molecule has 0 N–H and O–H groups in total. The van der Waals surface area contributed by atoms with Crippen molar-refractivity contribution in [3.05, 3.63) is 30.6 Å². The van der Waals surface area contributed by atoms with Crippen LogP contribution in [0.25, 0.3) is 11.0 Å². The number of hydrogen-bond donors (Lipinski definition) is 0. The number of fused-ring (bicyclic) bond motifs is 1. The second kappa shape index (κ2) is 2.94. The molecule has 0 radical (unpaired) electrons. The summed E-state index contributed by atoms with van der Waals surface area (Å²) in [6.45, 7) is 0.682. The Balaban J connectivity index is 2.44. The molecule has 3 nitrogen and oxygen atoms in total. The van der Waals surface area contributed by atoms with Crippen molar-refractivity contribution in [3.8, 4) is 0 Å². The van der Waals surface area contributed by atoms with E-state index in [1.807, 2.05) is 0 Å². The third-order valence-electron chi connectivity index (χ3n) is 1.68. The van der Waals surface area contributed by atoms with Crippen LogP contribution < -0.4 is 4.84 Å². The number of halogens is 2. The van der Waals surface area contributed by atoms with Crippen LogP contribution in [-0.4, -0.2) is 15.8 Å². The lowest BCUT2D eigenvalue weighted by Crippen LogP contribution is -2.27. The van der Waals surface area contributed by atoms with E-state index in [1.165, 1.54) is 6.33 Å². The van der Waals surface area contributed by atoms with Gasteiger partial charge in [0.15, 0.2) is 0 Å². The average molecular weight is 198 g/mol. The van der Waals surface area contributed by atoms with Crippen molar-refractivity contribution in [1.82, 2.24) is 9.71 Å². The molecule has 1 aromatic heterocycles. The predicted molar refractivity (Wildman–Crippen MR) is 46.9 cm³/mol. The standard InChI is InChI=1S/C9H8F2N2O/c1-9(10,11)14-13-6-12-7-4-2-3-5-8(7)13/h2-6H,1H3. The van der Waals surface area contributed by atoms with Crippen LogP contribution in [-0.2, 0) is 0 Å². The zero-order chi connectivity index (χ0) is 10.2. The molecule has 0 aliphatic heterocycles. The third-order valence-corrected chi connectivity index (χ3v) is 1.68. The van der Waals surface area contributed by atoms with Gasteiger partial charge in [-0.25, -0.2) is 4.98 Å². The maximum atomic E-state index is 12.5. The lowest BCUT2D eigenvalue weighted by molar-refractivity contribution is -0.222. The molecule has 0 aliphatic rings. The zero-order valence-corrected chi connectivity index (χ0v) is 7.45. The largest absolute Gasteiger partial charge is 0.413 e. The van der Waals surface area contributed by atoms with Gasteiger partial charge in [0.05, 0.1) is 5.52 Å². The van der Waals surface area contributed by atoms with Gasteiger partial charge in [-0.15, -0.1) is 0 Å². The van der Waals surface area contributed by atoms with E-state index in [0.29, 0.717) is 18.0 Å². The van der Waals surface area contributed by atoms with Gasteiger partial charge in [-0.1, -0.05) is 12.1 Å². The number of benzene rings is 1. The lowest BCUT2D eigenvalue weighted by atomic mass is 10.3. The second-order valence-corrected chi connectivity index (χ2v) is 2.96. The van der Waals surface area contributed by atoms with Gasteiger partial charge >= 0.3 is 6.11 Å². The smallest absolute Gasteiger partial charge is 0.340 e. The minimum atomic E-state index is -3.20. The summed E-state index contributed by atoms with van der Waals surface area (Å²) in [5.41, 5.74) is 1.14. The Morgan fingerprint density at radius 1 is 1.36 bits per heavy atom. The minimum Gasteiger partial charge on any atom is -0.340 e. The van der Waals surface area contributed by atoms with Gasteiger partial charge in [-0.2, -0.15) is 13.5 Å². The van der Waals surface area contributed by atoms with Crippen LogP contribution in [0.2, 0.25) is 0 Å². The summed E-state index contributed by atoms with van der Waals surface area (Å²) in [5, 5.41) is 0. The van der Waals surface area contributed by atoms with Crippen molar-refractivity contribution in [3.63, 3.8) is 0 Å². The maximum Gasteiger partial charge on any atom is 0.413 e. The predicted octanol–water partition coefficient (Wildman–Crippen LogP) is 2.08. The van der Waals surface area contributed by atoms with Crippen molar-refractivity contribution in [2.75, 3.05) is 0 Å². The quantitative estimate of drug-likeness (QED) is 0.738. The van der Waals surface area contributed by atoms with E-state index in [0.717, 1.165) is 4.73 Å². The monoisotopic (exact) mass is 198 g/mol. The molecule has 0 fully saturated rings.